The lowest BCUT2D eigenvalue weighted by molar-refractivity contribution is 0.0941. The molecule has 0 atom stereocenters. The third-order valence-corrected chi connectivity index (χ3v) is 3.26. The van der Waals surface area contributed by atoms with Gasteiger partial charge in [-0.1, -0.05) is 12.1 Å². The van der Waals surface area contributed by atoms with E-state index in [9.17, 15) is 13.2 Å². The second-order valence-electron chi connectivity index (χ2n) is 3.71. The smallest absolute Gasteiger partial charge is 0.288 e. The minimum Gasteiger partial charge on any atom is -0.345 e. The van der Waals surface area contributed by atoms with Crippen LogP contribution in [0.25, 0.3) is 0 Å². The highest BCUT2D eigenvalue weighted by molar-refractivity contribution is 7.89. The lowest BCUT2D eigenvalue weighted by atomic mass is 10.2. The number of carbonyl (C=O) groups is 1. The van der Waals surface area contributed by atoms with Gasteiger partial charge in [0.2, 0.25) is 15.8 Å². The van der Waals surface area contributed by atoms with Gasteiger partial charge in [0.05, 0.1) is 4.90 Å². The molecule has 0 aliphatic heterocycles. The average Bonchev–Trinajstić information content (AvgIpc) is 2.89. The van der Waals surface area contributed by atoms with Gasteiger partial charge in [-0.25, -0.2) is 18.5 Å². The molecule has 9 heteroatoms. The maximum absolute atomic E-state index is 11.5. The Morgan fingerprint density at radius 2 is 2.00 bits per heavy atom. The Kier molecular flexibility index (Phi) is 3.58. The van der Waals surface area contributed by atoms with Crippen LogP contribution in [0.5, 0.6) is 0 Å². The van der Waals surface area contributed by atoms with Crippen LogP contribution in [-0.2, 0) is 16.6 Å². The minimum atomic E-state index is -3.70. The van der Waals surface area contributed by atoms with Gasteiger partial charge in [-0.2, -0.15) is 5.10 Å². The molecule has 2 rings (SSSR count). The van der Waals surface area contributed by atoms with E-state index in [0.29, 0.717) is 0 Å². The number of carbonyl (C=O) groups excluding carboxylic acids is 1. The van der Waals surface area contributed by atoms with Crippen LogP contribution in [-0.4, -0.2) is 29.5 Å². The number of H-pyrrole nitrogens is 1. The van der Waals surface area contributed by atoms with Gasteiger partial charge < -0.3 is 5.32 Å². The maximum Gasteiger partial charge on any atom is 0.288 e. The molecule has 2 aromatic rings. The minimum absolute atomic E-state index is 0.0258. The van der Waals surface area contributed by atoms with Crippen LogP contribution >= 0.6 is 0 Å². The molecule has 4 N–H and O–H groups in total. The first-order valence-electron chi connectivity index (χ1n) is 5.22. The van der Waals surface area contributed by atoms with Crippen molar-refractivity contribution in [2.24, 2.45) is 5.14 Å². The molecule has 1 amide bonds. The fraction of sp³-hybridized carbons (Fsp3) is 0.100. The maximum atomic E-state index is 11.5. The number of rotatable bonds is 4. The fourth-order valence-corrected chi connectivity index (χ4v) is 1.89. The molecule has 100 valence electrons. The van der Waals surface area contributed by atoms with Gasteiger partial charge in [0.15, 0.2) is 0 Å². The summed E-state index contributed by atoms with van der Waals surface area (Å²) in [5.41, 5.74) is 0.736. The van der Waals surface area contributed by atoms with Crippen LogP contribution in [0.4, 0.5) is 0 Å². The van der Waals surface area contributed by atoms with Gasteiger partial charge in [-0.15, -0.1) is 0 Å². The molecular formula is C10H11N5O3S. The van der Waals surface area contributed by atoms with Crippen LogP contribution in [0.3, 0.4) is 0 Å². The Balaban J connectivity index is 1.99. The molecule has 0 bridgehead atoms. The monoisotopic (exact) mass is 281 g/mol. The fourth-order valence-electron chi connectivity index (χ4n) is 1.38. The number of aromatic nitrogens is 3. The van der Waals surface area contributed by atoms with E-state index in [2.05, 4.69) is 20.5 Å². The lowest BCUT2D eigenvalue weighted by Gasteiger charge is -2.04. The van der Waals surface area contributed by atoms with E-state index >= 15 is 0 Å². The number of benzene rings is 1. The molecule has 0 fully saturated rings. The van der Waals surface area contributed by atoms with Gasteiger partial charge >= 0.3 is 0 Å². The van der Waals surface area contributed by atoms with Crippen LogP contribution in [0.15, 0.2) is 35.5 Å². The Morgan fingerprint density at radius 3 is 2.53 bits per heavy atom. The molecule has 0 spiro atoms. The summed E-state index contributed by atoms with van der Waals surface area (Å²) < 4.78 is 22.1. The largest absolute Gasteiger partial charge is 0.345 e. The van der Waals surface area contributed by atoms with Crippen molar-refractivity contribution < 1.29 is 13.2 Å². The molecule has 1 aromatic heterocycles. The summed E-state index contributed by atoms with van der Waals surface area (Å²) in [4.78, 5) is 15.3. The van der Waals surface area contributed by atoms with E-state index in [1.165, 1.54) is 18.5 Å². The molecule has 1 heterocycles. The molecule has 1 aromatic carbocycles. The van der Waals surface area contributed by atoms with Crippen LogP contribution in [0.2, 0.25) is 0 Å². The van der Waals surface area contributed by atoms with Crippen LogP contribution in [0, 0.1) is 0 Å². The van der Waals surface area contributed by atoms with E-state index in [1.54, 1.807) is 12.1 Å². The second-order valence-corrected chi connectivity index (χ2v) is 5.27. The third-order valence-electron chi connectivity index (χ3n) is 2.34. The number of aromatic amines is 1. The van der Waals surface area contributed by atoms with Crippen molar-refractivity contribution in [1.29, 1.82) is 0 Å². The van der Waals surface area contributed by atoms with Gasteiger partial charge in [-0.3, -0.25) is 9.89 Å². The number of sulfonamides is 1. The number of nitrogens with one attached hydrogen (secondary N) is 2. The van der Waals surface area contributed by atoms with Crippen molar-refractivity contribution in [3.05, 3.63) is 42.0 Å². The van der Waals surface area contributed by atoms with Gasteiger partial charge in [0.25, 0.3) is 5.91 Å². The first kappa shape index (κ1) is 13.2. The molecule has 0 aliphatic carbocycles. The van der Waals surface area contributed by atoms with Crippen molar-refractivity contribution in [2.75, 3.05) is 0 Å². The van der Waals surface area contributed by atoms with Gasteiger partial charge in [0, 0.05) is 6.54 Å². The predicted molar refractivity (Wildman–Crippen MR) is 65.4 cm³/mol. The topological polar surface area (TPSA) is 131 Å². The Bertz CT molecular complexity index is 664. The highest BCUT2D eigenvalue weighted by atomic mass is 32.2. The zero-order valence-corrected chi connectivity index (χ0v) is 10.5. The van der Waals surface area contributed by atoms with Crippen molar-refractivity contribution in [1.82, 2.24) is 20.5 Å². The molecule has 0 aliphatic rings. The zero-order chi connectivity index (χ0) is 13.9. The van der Waals surface area contributed by atoms with E-state index in [-0.39, 0.29) is 17.3 Å². The average molecular weight is 281 g/mol. The van der Waals surface area contributed by atoms with E-state index in [4.69, 9.17) is 5.14 Å². The number of nitrogens with zero attached hydrogens (tertiary/aromatic N) is 2. The first-order valence-corrected chi connectivity index (χ1v) is 6.77. The third kappa shape index (κ3) is 3.36. The summed E-state index contributed by atoms with van der Waals surface area (Å²) in [6.07, 6.45) is 1.23. The summed E-state index contributed by atoms with van der Waals surface area (Å²) in [6, 6.07) is 5.90. The predicted octanol–water partition coefficient (Wildman–Crippen LogP) is -0.618. The standard InChI is InChI=1S/C10H11N5O3S/c11-19(17,18)8-3-1-7(2-4-8)5-12-10(16)9-13-6-14-15-9/h1-4,6H,5H2,(H,12,16)(H2,11,17,18)(H,13,14,15). The Morgan fingerprint density at radius 1 is 1.32 bits per heavy atom. The number of hydrogen-bond donors (Lipinski definition) is 3. The summed E-state index contributed by atoms with van der Waals surface area (Å²) in [5.74, 6) is -0.283. The Hall–Kier alpha value is -2.26. The summed E-state index contributed by atoms with van der Waals surface area (Å²) >= 11 is 0. The van der Waals surface area contributed by atoms with Crippen LogP contribution in [0.1, 0.15) is 16.2 Å². The normalized spacial score (nSPS) is 11.2. The molecule has 0 saturated heterocycles. The summed E-state index contributed by atoms with van der Waals surface area (Å²) in [5, 5.41) is 13.6. The Labute approximate surface area is 109 Å². The number of hydrogen-bond acceptors (Lipinski definition) is 5. The zero-order valence-electron chi connectivity index (χ0n) is 9.70. The molecule has 0 radical (unpaired) electrons. The van der Waals surface area contributed by atoms with E-state index in [0.717, 1.165) is 5.56 Å². The quantitative estimate of drug-likeness (QED) is 0.687. The molecular weight excluding hydrogens is 270 g/mol. The highest BCUT2D eigenvalue weighted by Gasteiger charge is 2.09. The van der Waals surface area contributed by atoms with Crippen LogP contribution < -0.4 is 10.5 Å². The van der Waals surface area contributed by atoms with Crippen molar-refractivity contribution in [3.63, 3.8) is 0 Å². The molecule has 0 saturated carbocycles. The molecule has 0 unspecified atom stereocenters. The number of amides is 1. The number of primary sulfonamides is 1. The first-order chi connectivity index (χ1) is 8.97. The van der Waals surface area contributed by atoms with Gasteiger partial charge in [-0.05, 0) is 17.7 Å². The van der Waals surface area contributed by atoms with Crippen molar-refractivity contribution >= 4 is 15.9 Å². The summed E-state index contributed by atoms with van der Waals surface area (Å²) in [7, 11) is -3.70. The number of nitrogens with two attached hydrogens (primary N) is 1. The molecule has 19 heavy (non-hydrogen) atoms. The van der Waals surface area contributed by atoms with Gasteiger partial charge in [0.1, 0.15) is 6.33 Å². The van der Waals surface area contributed by atoms with Crippen molar-refractivity contribution in [2.45, 2.75) is 11.4 Å². The van der Waals surface area contributed by atoms with Crippen molar-refractivity contribution in [3.8, 4) is 0 Å². The van der Waals surface area contributed by atoms with E-state index < -0.39 is 15.9 Å². The van der Waals surface area contributed by atoms with E-state index in [1.807, 2.05) is 0 Å². The molecule has 8 nitrogen and oxygen atoms in total. The summed E-state index contributed by atoms with van der Waals surface area (Å²) in [6.45, 7) is 0.241. The second kappa shape index (κ2) is 5.16. The highest BCUT2D eigenvalue weighted by Crippen LogP contribution is 2.08. The SMILES string of the molecule is NS(=O)(=O)c1ccc(CNC(=O)c2ncn[nH]2)cc1. The lowest BCUT2D eigenvalue weighted by Crippen LogP contribution is -2.24.